The molecule has 1 N–H and O–H groups in total. The van der Waals surface area contributed by atoms with E-state index in [1.165, 1.54) is 0 Å². The number of likely N-dealkylation sites (tertiary alicyclic amines) is 1. The molecule has 1 aromatic carbocycles. The second-order valence-corrected chi connectivity index (χ2v) is 4.54. The Morgan fingerprint density at radius 3 is 2.83 bits per heavy atom. The topological polar surface area (TPSA) is 56.1 Å². The van der Waals surface area contributed by atoms with Crippen LogP contribution in [0, 0.1) is 11.3 Å². The molecule has 18 heavy (non-hydrogen) atoms. The van der Waals surface area contributed by atoms with E-state index >= 15 is 0 Å². The lowest BCUT2D eigenvalue weighted by molar-refractivity contribution is 0.0737. The molecule has 0 aliphatic carbocycles. The summed E-state index contributed by atoms with van der Waals surface area (Å²) in [5, 5.41) is 11.9. The van der Waals surface area contributed by atoms with Crippen LogP contribution in [0.3, 0.4) is 0 Å². The van der Waals surface area contributed by atoms with Gasteiger partial charge in [0.15, 0.2) is 0 Å². The van der Waals surface area contributed by atoms with Crippen LogP contribution in [0.1, 0.15) is 28.8 Å². The van der Waals surface area contributed by atoms with Gasteiger partial charge in [-0.05, 0) is 44.2 Å². The molecule has 1 aliphatic rings. The van der Waals surface area contributed by atoms with Crippen molar-refractivity contribution in [2.24, 2.45) is 0 Å². The van der Waals surface area contributed by atoms with E-state index in [0.29, 0.717) is 11.1 Å². The molecule has 1 aliphatic heterocycles. The van der Waals surface area contributed by atoms with Crippen molar-refractivity contribution in [3.63, 3.8) is 0 Å². The highest BCUT2D eigenvalue weighted by Gasteiger charge is 2.28. The van der Waals surface area contributed by atoms with Crippen molar-refractivity contribution in [1.82, 2.24) is 10.2 Å². The van der Waals surface area contributed by atoms with Gasteiger partial charge in [0.25, 0.3) is 5.91 Å². The lowest BCUT2D eigenvalue weighted by atomic mass is 10.1. The molecule has 1 heterocycles. The number of nitrogens with zero attached hydrogens (tertiary/aromatic N) is 2. The number of amides is 1. The van der Waals surface area contributed by atoms with Gasteiger partial charge in [0.05, 0.1) is 11.6 Å². The fraction of sp³-hybridized carbons (Fsp3) is 0.429. The predicted octanol–water partition coefficient (Wildman–Crippen LogP) is 1.38. The van der Waals surface area contributed by atoms with Crippen molar-refractivity contribution in [3.8, 4) is 6.07 Å². The second kappa shape index (κ2) is 5.65. The maximum Gasteiger partial charge on any atom is 0.254 e. The van der Waals surface area contributed by atoms with Gasteiger partial charge >= 0.3 is 0 Å². The first-order valence-electron chi connectivity index (χ1n) is 6.22. The van der Waals surface area contributed by atoms with E-state index in [4.69, 9.17) is 5.26 Å². The van der Waals surface area contributed by atoms with Crippen LogP contribution in [0.25, 0.3) is 0 Å². The molecule has 1 fully saturated rings. The van der Waals surface area contributed by atoms with Crippen LogP contribution in [-0.2, 0) is 0 Å². The van der Waals surface area contributed by atoms with Crippen LogP contribution < -0.4 is 5.32 Å². The summed E-state index contributed by atoms with van der Waals surface area (Å²) in [6.45, 7) is 1.66. The Balaban J connectivity index is 2.12. The zero-order valence-electron chi connectivity index (χ0n) is 10.5. The number of hydrogen-bond acceptors (Lipinski definition) is 3. The Bertz CT molecular complexity index is 461. The Labute approximate surface area is 107 Å². The van der Waals surface area contributed by atoms with Gasteiger partial charge in [-0.25, -0.2) is 0 Å². The zero-order chi connectivity index (χ0) is 13.0. The van der Waals surface area contributed by atoms with E-state index in [1.807, 2.05) is 11.9 Å². The quantitative estimate of drug-likeness (QED) is 0.872. The average Bonchev–Trinajstić information content (AvgIpc) is 2.87. The zero-order valence-corrected chi connectivity index (χ0v) is 10.5. The first-order valence-corrected chi connectivity index (χ1v) is 6.22. The monoisotopic (exact) mass is 243 g/mol. The third-order valence-corrected chi connectivity index (χ3v) is 3.34. The Hall–Kier alpha value is -1.86. The van der Waals surface area contributed by atoms with Crippen molar-refractivity contribution in [1.29, 1.82) is 5.26 Å². The second-order valence-electron chi connectivity index (χ2n) is 4.54. The minimum absolute atomic E-state index is 0.0669. The van der Waals surface area contributed by atoms with Gasteiger partial charge in [-0.3, -0.25) is 4.79 Å². The lowest BCUT2D eigenvalue weighted by Gasteiger charge is -2.24. The van der Waals surface area contributed by atoms with Crippen LogP contribution >= 0.6 is 0 Å². The SMILES string of the molecule is CNCC1CCCN1C(=O)c1ccc(C#N)cc1. The van der Waals surface area contributed by atoms with E-state index in [2.05, 4.69) is 11.4 Å². The highest BCUT2D eigenvalue weighted by atomic mass is 16.2. The summed E-state index contributed by atoms with van der Waals surface area (Å²) in [5.74, 6) is 0.0669. The fourth-order valence-corrected chi connectivity index (χ4v) is 2.40. The van der Waals surface area contributed by atoms with Gasteiger partial charge in [0.2, 0.25) is 0 Å². The summed E-state index contributed by atoms with van der Waals surface area (Å²) >= 11 is 0. The molecule has 0 bridgehead atoms. The minimum Gasteiger partial charge on any atom is -0.334 e. The van der Waals surface area contributed by atoms with Crippen molar-refractivity contribution in [3.05, 3.63) is 35.4 Å². The van der Waals surface area contributed by atoms with Gasteiger partial charge in [0, 0.05) is 24.7 Å². The summed E-state index contributed by atoms with van der Waals surface area (Å²) in [5.41, 5.74) is 1.25. The smallest absolute Gasteiger partial charge is 0.254 e. The number of nitrogens with one attached hydrogen (secondary N) is 1. The first kappa shape index (κ1) is 12.6. The van der Waals surface area contributed by atoms with E-state index in [9.17, 15) is 4.79 Å². The summed E-state index contributed by atoms with van der Waals surface area (Å²) in [6.07, 6.45) is 2.12. The van der Waals surface area contributed by atoms with Gasteiger partial charge in [-0.15, -0.1) is 0 Å². The molecule has 0 aromatic heterocycles. The normalized spacial score (nSPS) is 18.7. The van der Waals surface area contributed by atoms with E-state index < -0.39 is 0 Å². The average molecular weight is 243 g/mol. The lowest BCUT2D eigenvalue weighted by Crippen LogP contribution is -2.40. The highest BCUT2D eigenvalue weighted by molar-refractivity contribution is 5.94. The molecule has 2 rings (SSSR count). The number of likely N-dealkylation sites (N-methyl/N-ethyl adjacent to an activating group) is 1. The number of rotatable bonds is 3. The molecule has 94 valence electrons. The van der Waals surface area contributed by atoms with E-state index in [1.54, 1.807) is 24.3 Å². The van der Waals surface area contributed by atoms with Crippen LogP contribution in [0.5, 0.6) is 0 Å². The highest BCUT2D eigenvalue weighted by Crippen LogP contribution is 2.19. The Morgan fingerprint density at radius 2 is 2.22 bits per heavy atom. The van der Waals surface area contributed by atoms with Gasteiger partial charge in [-0.2, -0.15) is 5.26 Å². The predicted molar refractivity (Wildman–Crippen MR) is 69.1 cm³/mol. The van der Waals surface area contributed by atoms with Crippen LogP contribution in [0.2, 0.25) is 0 Å². The third kappa shape index (κ3) is 2.52. The summed E-state index contributed by atoms with van der Waals surface area (Å²) in [4.78, 5) is 14.3. The van der Waals surface area contributed by atoms with Crippen molar-refractivity contribution in [2.75, 3.05) is 20.1 Å². The van der Waals surface area contributed by atoms with Gasteiger partial charge in [0.1, 0.15) is 0 Å². The molecular formula is C14H17N3O. The third-order valence-electron chi connectivity index (χ3n) is 3.34. The fourth-order valence-electron chi connectivity index (χ4n) is 2.40. The maximum absolute atomic E-state index is 12.3. The van der Waals surface area contributed by atoms with Crippen LogP contribution in [0.15, 0.2) is 24.3 Å². The molecule has 1 amide bonds. The molecule has 4 nitrogen and oxygen atoms in total. The summed E-state index contributed by atoms with van der Waals surface area (Å²) < 4.78 is 0. The maximum atomic E-state index is 12.3. The largest absolute Gasteiger partial charge is 0.334 e. The minimum atomic E-state index is 0.0669. The standard InChI is InChI=1S/C14H17N3O/c1-16-10-13-3-2-8-17(13)14(18)12-6-4-11(9-15)5-7-12/h4-7,13,16H,2-3,8,10H2,1H3. The Kier molecular flexibility index (Phi) is 3.96. The molecule has 1 saturated heterocycles. The first-order chi connectivity index (χ1) is 8.76. The van der Waals surface area contributed by atoms with Crippen LogP contribution in [0.4, 0.5) is 0 Å². The molecule has 0 saturated carbocycles. The molecule has 1 atom stereocenters. The van der Waals surface area contributed by atoms with E-state index in [0.717, 1.165) is 25.9 Å². The molecule has 1 aromatic rings. The summed E-state index contributed by atoms with van der Waals surface area (Å²) in [7, 11) is 1.91. The van der Waals surface area contributed by atoms with Gasteiger partial charge < -0.3 is 10.2 Å². The molecule has 0 spiro atoms. The number of carbonyl (C=O) groups is 1. The van der Waals surface area contributed by atoms with Crippen molar-refractivity contribution >= 4 is 5.91 Å². The molecule has 0 radical (unpaired) electrons. The number of benzene rings is 1. The van der Waals surface area contributed by atoms with E-state index in [-0.39, 0.29) is 11.9 Å². The van der Waals surface area contributed by atoms with Crippen LogP contribution in [-0.4, -0.2) is 37.0 Å². The molecule has 1 unspecified atom stereocenters. The van der Waals surface area contributed by atoms with Crippen molar-refractivity contribution in [2.45, 2.75) is 18.9 Å². The Morgan fingerprint density at radius 1 is 1.50 bits per heavy atom. The van der Waals surface area contributed by atoms with Gasteiger partial charge in [-0.1, -0.05) is 0 Å². The number of nitriles is 1. The molecule has 4 heteroatoms. The summed E-state index contributed by atoms with van der Waals surface area (Å²) in [6, 6.07) is 9.19. The number of hydrogen-bond donors (Lipinski definition) is 1. The molecular weight excluding hydrogens is 226 g/mol. The number of carbonyl (C=O) groups excluding carboxylic acids is 1. The van der Waals surface area contributed by atoms with Crippen molar-refractivity contribution < 1.29 is 4.79 Å².